The van der Waals surface area contributed by atoms with Gasteiger partial charge < -0.3 is 0 Å². The molecule has 4 heteroatoms. The molecule has 3 atom stereocenters. The number of nitriles is 1. The Hall–Kier alpha value is -1.11. The molecule has 102 valence electrons. The van der Waals surface area contributed by atoms with Gasteiger partial charge in [-0.1, -0.05) is 31.5 Å². The molecule has 0 N–H and O–H groups in total. The zero-order chi connectivity index (χ0) is 14.0. The molecule has 2 rings (SSSR count). The number of likely N-dealkylation sites (tertiary alicyclic amines) is 1. The van der Waals surface area contributed by atoms with E-state index in [2.05, 4.69) is 19.9 Å². The third-order valence-electron chi connectivity index (χ3n) is 3.66. The van der Waals surface area contributed by atoms with Crippen molar-refractivity contribution in [3.05, 3.63) is 34.6 Å². The van der Waals surface area contributed by atoms with Gasteiger partial charge in [0.25, 0.3) is 0 Å². The van der Waals surface area contributed by atoms with Gasteiger partial charge in [-0.05, 0) is 30.4 Å². The van der Waals surface area contributed by atoms with Crippen LogP contribution in [0.2, 0.25) is 5.02 Å². The predicted octanol–water partition coefficient (Wildman–Crippen LogP) is 4.02. The van der Waals surface area contributed by atoms with Gasteiger partial charge in [0.15, 0.2) is 0 Å². The molecule has 0 radical (unpaired) electrons. The van der Waals surface area contributed by atoms with E-state index in [1.165, 1.54) is 6.07 Å². The fourth-order valence-corrected chi connectivity index (χ4v) is 3.29. The maximum Gasteiger partial charge on any atom is 0.130 e. The zero-order valence-corrected chi connectivity index (χ0v) is 12.0. The van der Waals surface area contributed by atoms with Crippen molar-refractivity contribution >= 4 is 11.6 Å². The first kappa shape index (κ1) is 14.3. The Labute approximate surface area is 118 Å². The first-order valence-electron chi connectivity index (χ1n) is 6.60. The number of halogens is 2. The number of benzene rings is 1. The summed E-state index contributed by atoms with van der Waals surface area (Å²) < 4.78 is 14.0. The van der Waals surface area contributed by atoms with Gasteiger partial charge in [-0.2, -0.15) is 5.26 Å². The van der Waals surface area contributed by atoms with Crippen LogP contribution in [0.15, 0.2) is 18.2 Å². The highest BCUT2D eigenvalue weighted by molar-refractivity contribution is 6.31. The second kappa shape index (κ2) is 5.90. The Balaban J connectivity index is 2.32. The fraction of sp³-hybridized carbons (Fsp3) is 0.533. The molecule has 1 fully saturated rings. The molecule has 3 unspecified atom stereocenters. The number of rotatable bonds is 2. The van der Waals surface area contributed by atoms with E-state index in [0.29, 0.717) is 22.4 Å². The summed E-state index contributed by atoms with van der Waals surface area (Å²) in [5, 5.41) is 9.77. The lowest BCUT2D eigenvalue weighted by Gasteiger charge is -2.37. The van der Waals surface area contributed by atoms with Gasteiger partial charge in [0.2, 0.25) is 0 Å². The summed E-state index contributed by atoms with van der Waals surface area (Å²) >= 11 is 6.08. The Morgan fingerprint density at radius 2 is 2.00 bits per heavy atom. The quantitative estimate of drug-likeness (QED) is 0.818. The van der Waals surface area contributed by atoms with Crippen molar-refractivity contribution in [2.24, 2.45) is 11.8 Å². The van der Waals surface area contributed by atoms with E-state index in [4.69, 9.17) is 11.6 Å². The summed E-state index contributed by atoms with van der Waals surface area (Å²) in [6.07, 6.45) is 1.15. The molecule has 1 aromatic carbocycles. The molecule has 0 aromatic heterocycles. The standard InChI is InChI=1S/C15H18ClFN2/c1-10-6-11(2)9-19(8-10)14(7-18)15-12(16)4-3-5-13(15)17/h3-5,10-11,14H,6,8-9H2,1-2H3. The first-order chi connectivity index (χ1) is 9.02. The lowest BCUT2D eigenvalue weighted by molar-refractivity contribution is 0.116. The Kier molecular flexibility index (Phi) is 4.44. The maximum atomic E-state index is 14.0. The third kappa shape index (κ3) is 3.08. The van der Waals surface area contributed by atoms with Crippen LogP contribution >= 0.6 is 11.6 Å². The summed E-state index contributed by atoms with van der Waals surface area (Å²) in [6.45, 7) is 5.96. The minimum atomic E-state index is -0.598. The number of hydrogen-bond donors (Lipinski definition) is 0. The SMILES string of the molecule is CC1CC(C)CN(C(C#N)c2c(F)cccc2Cl)C1. The van der Waals surface area contributed by atoms with E-state index in [-0.39, 0.29) is 0 Å². The van der Waals surface area contributed by atoms with Crippen molar-refractivity contribution in [3.63, 3.8) is 0 Å². The van der Waals surface area contributed by atoms with Crippen molar-refractivity contribution in [2.45, 2.75) is 26.3 Å². The molecule has 2 nitrogen and oxygen atoms in total. The molecule has 1 heterocycles. The summed E-state index contributed by atoms with van der Waals surface area (Å²) in [5.41, 5.74) is 0.313. The highest BCUT2D eigenvalue weighted by Crippen LogP contribution is 2.33. The highest BCUT2D eigenvalue weighted by Gasteiger charge is 2.31. The number of nitrogens with zero attached hydrogens (tertiary/aromatic N) is 2. The number of piperidine rings is 1. The highest BCUT2D eigenvalue weighted by atomic mass is 35.5. The molecule has 19 heavy (non-hydrogen) atoms. The van der Waals surface area contributed by atoms with E-state index in [0.717, 1.165) is 19.5 Å². The van der Waals surface area contributed by atoms with E-state index in [1.54, 1.807) is 12.1 Å². The summed E-state index contributed by atoms with van der Waals surface area (Å²) in [5.74, 6) is 0.639. The third-order valence-corrected chi connectivity index (χ3v) is 3.99. The van der Waals surface area contributed by atoms with Crippen molar-refractivity contribution < 1.29 is 4.39 Å². The van der Waals surface area contributed by atoms with Gasteiger partial charge >= 0.3 is 0 Å². The molecule has 0 spiro atoms. The Morgan fingerprint density at radius 3 is 2.53 bits per heavy atom. The molecule has 0 amide bonds. The average molecular weight is 281 g/mol. The lowest BCUT2D eigenvalue weighted by atomic mass is 9.90. The van der Waals surface area contributed by atoms with Gasteiger partial charge in [-0.3, -0.25) is 4.90 Å². The van der Waals surface area contributed by atoms with Crippen molar-refractivity contribution in [2.75, 3.05) is 13.1 Å². The van der Waals surface area contributed by atoms with E-state index >= 15 is 0 Å². The smallest absolute Gasteiger partial charge is 0.130 e. The second-order valence-corrected chi connectivity index (χ2v) is 5.97. The van der Waals surface area contributed by atoms with Crippen molar-refractivity contribution in [3.8, 4) is 6.07 Å². The fourth-order valence-electron chi connectivity index (χ4n) is 3.02. The van der Waals surface area contributed by atoms with E-state index < -0.39 is 11.9 Å². The summed E-state index contributed by atoms with van der Waals surface area (Å²) in [4.78, 5) is 2.04. The largest absolute Gasteiger partial charge is 0.284 e. The second-order valence-electron chi connectivity index (χ2n) is 5.57. The van der Waals surface area contributed by atoms with Crippen LogP contribution in [0.3, 0.4) is 0 Å². The summed E-state index contributed by atoms with van der Waals surface area (Å²) in [6, 6.07) is 6.18. The molecule has 0 bridgehead atoms. The normalized spacial score (nSPS) is 25.8. The van der Waals surface area contributed by atoms with Crippen LogP contribution in [0.25, 0.3) is 0 Å². The maximum absolute atomic E-state index is 14.0. The van der Waals surface area contributed by atoms with Crippen LogP contribution in [-0.4, -0.2) is 18.0 Å². The number of hydrogen-bond acceptors (Lipinski definition) is 2. The minimum Gasteiger partial charge on any atom is -0.284 e. The van der Waals surface area contributed by atoms with Crippen LogP contribution in [0.5, 0.6) is 0 Å². The lowest BCUT2D eigenvalue weighted by Crippen LogP contribution is -2.41. The van der Waals surface area contributed by atoms with Crippen molar-refractivity contribution in [1.29, 1.82) is 5.26 Å². The van der Waals surface area contributed by atoms with Gasteiger partial charge in [-0.25, -0.2) is 4.39 Å². The van der Waals surface area contributed by atoms with Gasteiger partial charge in [0, 0.05) is 23.7 Å². The minimum absolute atomic E-state index is 0.313. The molecule has 1 aliphatic rings. The van der Waals surface area contributed by atoms with Gasteiger partial charge in [0.05, 0.1) is 6.07 Å². The predicted molar refractivity (Wildman–Crippen MR) is 74.3 cm³/mol. The molecular formula is C15H18ClFN2. The van der Waals surface area contributed by atoms with Crippen LogP contribution in [-0.2, 0) is 0 Å². The zero-order valence-electron chi connectivity index (χ0n) is 11.2. The monoisotopic (exact) mass is 280 g/mol. The Bertz CT molecular complexity index is 467. The summed E-state index contributed by atoms with van der Waals surface area (Å²) in [7, 11) is 0. The topological polar surface area (TPSA) is 27.0 Å². The van der Waals surface area contributed by atoms with Crippen LogP contribution in [0.1, 0.15) is 31.9 Å². The van der Waals surface area contributed by atoms with E-state index in [9.17, 15) is 9.65 Å². The first-order valence-corrected chi connectivity index (χ1v) is 6.98. The van der Waals surface area contributed by atoms with Crippen LogP contribution in [0, 0.1) is 29.0 Å². The van der Waals surface area contributed by atoms with E-state index in [1.807, 2.05) is 4.90 Å². The molecule has 1 aliphatic heterocycles. The molecular weight excluding hydrogens is 263 g/mol. The van der Waals surface area contributed by atoms with Gasteiger partial charge in [0.1, 0.15) is 11.9 Å². The van der Waals surface area contributed by atoms with Crippen LogP contribution in [0.4, 0.5) is 4.39 Å². The van der Waals surface area contributed by atoms with Gasteiger partial charge in [-0.15, -0.1) is 0 Å². The molecule has 0 aliphatic carbocycles. The molecule has 1 saturated heterocycles. The van der Waals surface area contributed by atoms with Crippen LogP contribution < -0.4 is 0 Å². The molecule has 1 aromatic rings. The Morgan fingerprint density at radius 1 is 1.37 bits per heavy atom. The van der Waals surface area contributed by atoms with Crippen molar-refractivity contribution in [1.82, 2.24) is 4.90 Å². The molecule has 0 saturated carbocycles. The average Bonchev–Trinajstić information content (AvgIpc) is 2.32.